The summed E-state index contributed by atoms with van der Waals surface area (Å²) in [5.74, 6) is 0.985. The summed E-state index contributed by atoms with van der Waals surface area (Å²) in [4.78, 5) is 20.7. The molecule has 0 bridgehead atoms. The van der Waals surface area contributed by atoms with Crippen LogP contribution in [0, 0.1) is 0 Å². The number of benzene rings is 1. The van der Waals surface area contributed by atoms with Crippen LogP contribution in [0.4, 0.5) is 5.82 Å². The maximum absolute atomic E-state index is 5.46. The number of aromatic nitrogens is 3. The van der Waals surface area contributed by atoms with Gasteiger partial charge in [-0.2, -0.15) is 0 Å². The lowest BCUT2D eigenvalue weighted by Crippen LogP contribution is -2.36. The number of pyridine rings is 1. The summed E-state index contributed by atoms with van der Waals surface area (Å²) in [5.41, 5.74) is 7.50. The van der Waals surface area contributed by atoms with Crippen LogP contribution in [-0.4, -0.2) is 47.0 Å². The maximum Gasteiger partial charge on any atom is 0.129 e. The zero-order valence-corrected chi connectivity index (χ0v) is 16.5. The highest BCUT2D eigenvalue weighted by Crippen LogP contribution is 2.28. The molecule has 5 rings (SSSR count). The van der Waals surface area contributed by atoms with Crippen LogP contribution in [-0.2, 0) is 17.7 Å². The predicted octanol–water partition coefficient (Wildman–Crippen LogP) is 3.29. The van der Waals surface area contributed by atoms with Crippen LogP contribution in [0.25, 0.3) is 11.3 Å². The number of rotatable bonds is 4. The first-order valence-electron chi connectivity index (χ1n) is 10.1. The normalized spacial score (nSPS) is 15.9. The summed E-state index contributed by atoms with van der Waals surface area (Å²) in [6, 6.07) is 10.6. The SMILES string of the molecule is CCc1cnc(-c2ccc3c(c2)C(c2ccnc(N4CCOCC4)c2)=NC3)cn1. The number of aliphatic imine (C=N–C) groups is 1. The third kappa shape index (κ3) is 3.51. The number of anilines is 1. The Labute approximate surface area is 170 Å². The summed E-state index contributed by atoms with van der Waals surface area (Å²) in [7, 11) is 0. The zero-order chi connectivity index (χ0) is 19.6. The van der Waals surface area contributed by atoms with E-state index in [0.717, 1.165) is 66.8 Å². The standard InChI is InChI=1S/C23H23N5O/c1-2-19-14-26-21(15-25-19)16-3-4-18-13-27-23(20(18)11-16)17-5-6-24-22(12-17)28-7-9-29-10-8-28/h3-6,11-12,14-15H,2,7-10,13H2,1H3. The molecule has 0 amide bonds. The van der Waals surface area contributed by atoms with Crippen molar-refractivity contribution in [1.29, 1.82) is 0 Å². The fourth-order valence-corrected chi connectivity index (χ4v) is 3.81. The molecule has 3 aromatic rings. The van der Waals surface area contributed by atoms with Gasteiger partial charge in [0, 0.05) is 42.2 Å². The van der Waals surface area contributed by atoms with E-state index < -0.39 is 0 Å². The van der Waals surface area contributed by atoms with Crippen molar-refractivity contribution in [1.82, 2.24) is 15.0 Å². The van der Waals surface area contributed by atoms with Crippen molar-refractivity contribution in [2.45, 2.75) is 19.9 Å². The monoisotopic (exact) mass is 385 g/mol. The van der Waals surface area contributed by atoms with Gasteiger partial charge in [0.05, 0.1) is 43.1 Å². The van der Waals surface area contributed by atoms with Crippen LogP contribution in [0.2, 0.25) is 0 Å². The van der Waals surface area contributed by atoms with Crippen LogP contribution in [0.15, 0.2) is 53.9 Å². The topological polar surface area (TPSA) is 63.5 Å². The lowest BCUT2D eigenvalue weighted by molar-refractivity contribution is 0.122. The summed E-state index contributed by atoms with van der Waals surface area (Å²) in [6.45, 7) is 6.03. The van der Waals surface area contributed by atoms with E-state index in [1.807, 2.05) is 24.7 Å². The lowest BCUT2D eigenvalue weighted by atomic mass is 9.97. The number of fused-ring (bicyclic) bond motifs is 1. The van der Waals surface area contributed by atoms with E-state index >= 15 is 0 Å². The van der Waals surface area contributed by atoms with Crippen LogP contribution in [0.5, 0.6) is 0 Å². The molecule has 2 aromatic heterocycles. The molecular formula is C23H23N5O. The number of hydrogen-bond donors (Lipinski definition) is 0. The molecule has 29 heavy (non-hydrogen) atoms. The van der Waals surface area contributed by atoms with E-state index in [1.54, 1.807) is 0 Å². The van der Waals surface area contributed by atoms with Crippen LogP contribution in [0.3, 0.4) is 0 Å². The quantitative estimate of drug-likeness (QED) is 0.690. The summed E-state index contributed by atoms with van der Waals surface area (Å²) in [5, 5.41) is 0. The maximum atomic E-state index is 5.46. The average Bonchev–Trinajstić information content (AvgIpc) is 3.23. The number of hydrogen-bond acceptors (Lipinski definition) is 6. The fraction of sp³-hybridized carbons (Fsp3) is 0.304. The van der Waals surface area contributed by atoms with Gasteiger partial charge in [0.2, 0.25) is 0 Å². The minimum Gasteiger partial charge on any atom is -0.378 e. The molecule has 0 saturated carbocycles. The van der Waals surface area contributed by atoms with Gasteiger partial charge < -0.3 is 9.64 Å². The minimum atomic E-state index is 0.709. The summed E-state index contributed by atoms with van der Waals surface area (Å²) < 4.78 is 5.46. The molecular weight excluding hydrogens is 362 g/mol. The van der Waals surface area contributed by atoms with E-state index in [4.69, 9.17) is 9.73 Å². The summed E-state index contributed by atoms with van der Waals surface area (Å²) >= 11 is 0. The fourth-order valence-electron chi connectivity index (χ4n) is 3.81. The number of aryl methyl sites for hydroxylation is 1. The molecule has 4 heterocycles. The van der Waals surface area contributed by atoms with E-state index in [-0.39, 0.29) is 0 Å². The Bertz CT molecular complexity index is 1060. The Morgan fingerprint density at radius 1 is 0.966 bits per heavy atom. The molecule has 6 nitrogen and oxygen atoms in total. The van der Waals surface area contributed by atoms with Gasteiger partial charge in [-0.1, -0.05) is 19.1 Å². The largest absolute Gasteiger partial charge is 0.378 e. The van der Waals surface area contributed by atoms with Crippen molar-refractivity contribution < 1.29 is 4.74 Å². The van der Waals surface area contributed by atoms with Gasteiger partial charge in [0.1, 0.15) is 5.82 Å². The van der Waals surface area contributed by atoms with Gasteiger partial charge in [-0.25, -0.2) is 4.98 Å². The van der Waals surface area contributed by atoms with Crippen molar-refractivity contribution in [3.05, 3.63) is 71.3 Å². The van der Waals surface area contributed by atoms with Crippen molar-refractivity contribution in [2.75, 3.05) is 31.2 Å². The highest BCUT2D eigenvalue weighted by molar-refractivity contribution is 6.15. The first-order valence-corrected chi connectivity index (χ1v) is 10.1. The molecule has 0 radical (unpaired) electrons. The Morgan fingerprint density at radius 2 is 1.86 bits per heavy atom. The van der Waals surface area contributed by atoms with Gasteiger partial charge in [-0.05, 0) is 30.2 Å². The molecule has 6 heteroatoms. The van der Waals surface area contributed by atoms with Crippen LogP contribution in [0.1, 0.15) is 29.3 Å². The van der Waals surface area contributed by atoms with Crippen LogP contribution >= 0.6 is 0 Å². The van der Waals surface area contributed by atoms with Gasteiger partial charge >= 0.3 is 0 Å². The molecule has 0 unspecified atom stereocenters. The second-order valence-electron chi connectivity index (χ2n) is 7.29. The first kappa shape index (κ1) is 17.9. The Morgan fingerprint density at radius 3 is 2.66 bits per heavy atom. The molecule has 1 fully saturated rings. The average molecular weight is 385 g/mol. The summed E-state index contributed by atoms with van der Waals surface area (Å²) in [6.07, 6.45) is 6.48. The molecule has 0 N–H and O–H groups in total. The number of nitrogens with zero attached hydrogens (tertiary/aromatic N) is 5. The Hall–Kier alpha value is -3.12. The van der Waals surface area contributed by atoms with Crippen molar-refractivity contribution >= 4 is 11.5 Å². The minimum absolute atomic E-state index is 0.709. The first-order chi connectivity index (χ1) is 14.3. The van der Waals surface area contributed by atoms with E-state index in [0.29, 0.717) is 6.54 Å². The van der Waals surface area contributed by atoms with Crippen molar-refractivity contribution in [3.8, 4) is 11.3 Å². The van der Waals surface area contributed by atoms with E-state index in [9.17, 15) is 0 Å². The second-order valence-corrected chi connectivity index (χ2v) is 7.29. The van der Waals surface area contributed by atoms with E-state index in [2.05, 4.69) is 51.0 Å². The smallest absolute Gasteiger partial charge is 0.129 e. The molecule has 0 spiro atoms. The molecule has 2 aliphatic heterocycles. The molecule has 146 valence electrons. The number of ether oxygens (including phenoxy) is 1. The molecule has 0 aliphatic carbocycles. The lowest BCUT2D eigenvalue weighted by Gasteiger charge is -2.28. The molecule has 1 saturated heterocycles. The highest BCUT2D eigenvalue weighted by Gasteiger charge is 2.20. The predicted molar refractivity (Wildman–Crippen MR) is 113 cm³/mol. The second kappa shape index (κ2) is 7.72. The Kier molecular flexibility index (Phi) is 4.77. The molecule has 0 atom stereocenters. The van der Waals surface area contributed by atoms with E-state index in [1.165, 1.54) is 11.1 Å². The number of morpholine rings is 1. The van der Waals surface area contributed by atoms with Gasteiger partial charge in [0.15, 0.2) is 0 Å². The molecule has 2 aliphatic rings. The van der Waals surface area contributed by atoms with Crippen LogP contribution < -0.4 is 4.90 Å². The Balaban J connectivity index is 1.47. The zero-order valence-electron chi connectivity index (χ0n) is 16.5. The van der Waals surface area contributed by atoms with Gasteiger partial charge in [0.25, 0.3) is 0 Å². The highest BCUT2D eigenvalue weighted by atomic mass is 16.5. The van der Waals surface area contributed by atoms with Gasteiger partial charge in [-0.15, -0.1) is 0 Å². The van der Waals surface area contributed by atoms with Crippen molar-refractivity contribution in [3.63, 3.8) is 0 Å². The van der Waals surface area contributed by atoms with Gasteiger partial charge in [-0.3, -0.25) is 15.0 Å². The molecule has 1 aromatic carbocycles. The third-order valence-corrected chi connectivity index (χ3v) is 5.49. The van der Waals surface area contributed by atoms with Crippen molar-refractivity contribution in [2.24, 2.45) is 4.99 Å². The third-order valence-electron chi connectivity index (χ3n) is 5.49.